The highest BCUT2D eigenvalue weighted by Gasteiger charge is 2.18. The molecule has 0 bridgehead atoms. The van der Waals surface area contributed by atoms with Crippen molar-refractivity contribution in [3.05, 3.63) is 23.8 Å². The maximum atomic E-state index is 11.9. The van der Waals surface area contributed by atoms with Crippen LogP contribution in [0.15, 0.2) is 18.2 Å². The molecule has 0 saturated carbocycles. The quantitative estimate of drug-likeness (QED) is 0.593. The molecule has 0 radical (unpaired) electrons. The summed E-state index contributed by atoms with van der Waals surface area (Å²) < 4.78 is 0. The number of phenolic OH excluding ortho intramolecular Hbond substituents is 2. The summed E-state index contributed by atoms with van der Waals surface area (Å²) in [6.45, 7) is 2.40. The van der Waals surface area contributed by atoms with Crippen molar-refractivity contribution in [3.63, 3.8) is 0 Å². The average molecular weight is 219 g/mol. The fourth-order valence-electron chi connectivity index (χ4n) is 1.31. The molecule has 0 saturated heterocycles. The van der Waals surface area contributed by atoms with Crippen LogP contribution in [0, 0.1) is 12.3 Å². The lowest BCUT2D eigenvalue weighted by Gasteiger charge is -2.18. The Morgan fingerprint density at radius 1 is 1.50 bits per heavy atom. The van der Waals surface area contributed by atoms with Gasteiger partial charge in [-0.25, -0.2) is 0 Å². The maximum absolute atomic E-state index is 11.9. The fraction of sp³-hybridized carbons (Fsp3) is 0.250. The molecule has 0 fully saturated rings. The lowest BCUT2D eigenvalue weighted by Crippen LogP contribution is -2.31. The highest BCUT2D eigenvalue weighted by Crippen LogP contribution is 2.28. The second kappa shape index (κ2) is 5.08. The standard InChI is InChI=1S/C12H13NO3/c1-3-8-13(4-2)12(16)9-6-5-7-10(14)11(9)15/h1,5-7,14-15H,4,8H2,2H3. The molecule has 84 valence electrons. The Labute approximate surface area is 94.1 Å². The van der Waals surface area contributed by atoms with E-state index in [2.05, 4.69) is 5.92 Å². The molecule has 4 nitrogen and oxygen atoms in total. The molecule has 0 heterocycles. The molecule has 2 N–H and O–H groups in total. The van der Waals surface area contributed by atoms with E-state index in [1.54, 1.807) is 6.92 Å². The number of terminal acetylenes is 1. The Kier molecular flexibility index (Phi) is 3.78. The monoisotopic (exact) mass is 219 g/mol. The first-order valence-electron chi connectivity index (χ1n) is 4.85. The van der Waals surface area contributed by atoms with Crippen LogP contribution in [0.1, 0.15) is 17.3 Å². The second-order valence-corrected chi connectivity index (χ2v) is 3.20. The smallest absolute Gasteiger partial charge is 0.258 e. The molecular formula is C12H13NO3. The third-order valence-electron chi connectivity index (χ3n) is 2.20. The van der Waals surface area contributed by atoms with Gasteiger partial charge in [-0.1, -0.05) is 12.0 Å². The van der Waals surface area contributed by atoms with Crippen LogP contribution in [0.25, 0.3) is 0 Å². The number of rotatable bonds is 3. The molecule has 1 amide bonds. The Hall–Kier alpha value is -2.15. The van der Waals surface area contributed by atoms with Gasteiger partial charge in [-0.3, -0.25) is 4.79 Å². The average Bonchev–Trinajstić information content (AvgIpc) is 2.29. The third-order valence-corrected chi connectivity index (χ3v) is 2.20. The molecule has 1 aromatic carbocycles. The predicted octanol–water partition coefficient (Wildman–Crippen LogP) is 1.19. The van der Waals surface area contributed by atoms with Crippen molar-refractivity contribution in [2.24, 2.45) is 0 Å². The SMILES string of the molecule is C#CCN(CC)C(=O)c1cccc(O)c1O. The van der Waals surface area contributed by atoms with Crippen LogP contribution in [0.4, 0.5) is 0 Å². The normalized spacial score (nSPS) is 9.50. The maximum Gasteiger partial charge on any atom is 0.258 e. The summed E-state index contributed by atoms with van der Waals surface area (Å²) in [5.74, 6) is 1.24. The van der Waals surface area contributed by atoms with Crippen LogP contribution in [-0.4, -0.2) is 34.1 Å². The fourth-order valence-corrected chi connectivity index (χ4v) is 1.31. The van der Waals surface area contributed by atoms with E-state index in [1.807, 2.05) is 0 Å². The van der Waals surface area contributed by atoms with Gasteiger partial charge in [0.15, 0.2) is 11.5 Å². The zero-order valence-corrected chi connectivity index (χ0v) is 8.97. The Morgan fingerprint density at radius 2 is 2.19 bits per heavy atom. The number of hydrogen-bond acceptors (Lipinski definition) is 3. The van der Waals surface area contributed by atoms with Gasteiger partial charge in [-0.2, -0.15) is 0 Å². The van der Waals surface area contributed by atoms with Gasteiger partial charge in [0, 0.05) is 6.54 Å². The first-order chi connectivity index (χ1) is 7.61. The molecule has 0 unspecified atom stereocenters. The van der Waals surface area contributed by atoms with E-state index in [0.29, 0.717) is 6.54 Å². The Balaban J connectivity index is 3.05. The number of carbonyl (C=O) groups is 1. The summed E-state index contributed by atoms with van der Waals surface area (Å²) in [7, 11) is 0. The molecule has 0 spiro atoms. The van der Waals surface area contributed by atoms with Crippen LogP contribution < -0.4 is 0 Å². The predicted molar refractivity (Wildman–Crippen MR) is 60.2 cm³/mol. The number of hydrogen-bond donors (Lipinski definition) is 2. The van der Waals surface area contributed by atoms with Crippen LogP contribution >= 0.6 is 0 Å². The van der Waals surface area contributed by atoms with Gasteiger partial charge in [-0.15, -0.1) is 6.42 Å². The zero-order valence-electron chi connectivity index (χ0n) is 8.97. The van der Waals surface area contributed by atoms with E-state index in [9.17, 15) is 15.0 Å². The Bertz CT molecular complexity index is 434. The largest absolute Gasteiger partial charge is 0.504 e. The van der Waals surface area contributed by atoms with Gasteiger partial charge < -0.3 is 15.1 Å². The Morgan fingerprint density at radius 3 is 2.75 bits per heavy atom. The number of phenols is 2. The minimum absolute atomic E-state index is 0.0529. The molecular weight excluding hydrogens is 206 g/mol. The summed E-state index contributed by atoms with van der Waals surface area (Å²) in [6, 6.07) is 4.24. The minimum atomic E-state index is -0.414. The molecule has 1 aromatic rings. The van der Waals surface area contributed by atoms with Gasteiger partial charge >= 0.3 is 0 Å². The topological polar surface area (TPSA) is 60.8 Å². The number of nitrogens with zero attached hydrogens (tertiary/aromatic N) is 1. The van der Waals surface area contributed by atoms with Gasteiger partial charge in [0.2, 0.25) is 0 Å². The first-order valence-corrected chi connectivity index (χ1v) is 4.85. The van der Waals surface area contributed by atoms with Crippen LogP contribution in [0.2, 0.25) is 0 Å². The van der Waals surface area contributed by atoms with Crippen molar-refractivity contribution in [2.45, 2.75) is 6.92 Å². The number of amides is 1. The zero-order chi connectivity index (χ0) is 12.1. The summed E-state index contributed by atoms with van der Waals surface area (Å²) in [5, 5.41) is 18.8. The van der Waals surface area contributed by atoms with Crippen molar-refractivity contribution in [1.82, 2.24) is 4.90 Å². The van der Waals surface area contributed by atoms with Crippen LogP contribution in [-0.2, 0) is 0 Å². The molecule has 0 atom stereocenters. The van der Waals surface area contributed by atoms with Gasteiger partial charge in [0.05, 0.1) is 12.1 Å². The van der Waals surface area contributed by atoms with Crippen molar-refractivity contribution in [1.29, 1.82) is 0 Å². The van der Waals surface area contributed by atoms with Crippen molar-refractivity contribution in [3.8, 4) is 23.8 Å². The second-order valence-electron chi connectivity index (χ2n) is 3.20. The highest BCUT2D eigenvalue weighted by atomic mass is 16.3. The number of para-hydroxylation sites is 1. The van der Waals surface area contributed by atoms with Crippen molar-refractivity contribution in [2.75, 3.05) is 13.1 Å². The molecule has 0 aliphatic rings. The van der Waals surface area contributed by atoms with Gasteiger partial charge in [0.25, 0.3) is 5.91 Å². The summed E-state index contributed by atoms with van der Waals surface area (Å²) in [4.78, 5) is 13.3. The molecule has 0 aliphatic carbocycles. The van der Waals surface area contributed by atoms with E-state index < -0.39 is 11.7 Å². The van der Waals surface area contributed by atoms with E-state index >= 15 is 0 Å². The molecule has 0 aliphatic heterocycles. The molecule has 1 rings (SSSR count). The third kappa shape index (κ3) is 2.26. The van der Waals surface area contributed by atoms with Crippen molar-refractivity contribution < 1.29 is 15.0 Å². The van der Waals surface area contributed by atoms with E-state index in [4.69, 9.17) is 6.42 Å². The molecule has 4 heteroatoms. The van der Waals surface area contributed by atoms with Gasteiger partial charge in [-0.05, 0) is 19.1 Å². The lowest BCUT2D eigenvalue weighted by molar-refractivity contribution is 0.0781. The molecule has 16 heavy (non-hydrogen) atoms. The van der Waals surface area contributed by atoms with Crippen LogP contribution in [0.5, 0.6) is 11.5 Å². The highest BCUT2D eigenvalue weighted by molar-refractivity contribution is 5.97. The van der Waals surface area contributed by atoms with E-state index in [1.165, 1.54) is 23.1 Å². The summed E-state index contributed by atoms with van der Waals surface area (Å²) in [5.41, 5.74) is 0.0529. The summed E-state index contributed by atoms with van der Waals surface area (Å²) in [6.07, 6.45) is 5.13. The first kappa shape index (κ1) is 11.9. The molecule has 0 aromatic heterocycles. The summed E-state index contributed by atoms with van der Waals surface area (Å²) >= 11 is 0. The van der Waals surface area contributed by atoms with Gasteiger partial charge in [0.1, 0.15) is 0 Å². The van der Waals surface area contributed by atoms with Crippen molar-refractivity contribution >= 4 is 5.91 Å². The number of carbonyl (C=O) groups excluding carboxylic acids is 1. The minimum Gasteiger partial charge on any atom is -0.504 e. The number of aromatic hydroxyl groups is 2. The van der Waals surface area contributed by atoms with E-state index in [0.717, 1.165) is 0 Å². The lowest BCUT2D eigenvalue weighted by atomic mass is 10.1. The number of benzene rings is 1. The van der Waals surface area contributed by atoms with E-state index in [-0.39, 0.29) is 17.9 Å². The van der Waals surface area contributed by atoms with Crippen LogP contribution in [0.3, 0.4) is 0 Å².